The standard InChI is InChI=1S/C20H25N3O2/c1-14(18(21)17-11-7-4-8-12-17)19(24)23-15(2)20(25)22-13-16-9-5-3-6-10-16/h3-12,14-15,18H,13,21H2,1-2H3,(H,22,25)(H,23,24). The van der Waals surface area contributed by atoms with Gasteiger partial charge in [-0.3, -0.25) is 9.59 Å². The molecule has 0 saturated carbocycles. The molecule has 2 amide bonds. The molecular weight excluding hydrogens is 314 g/mol. The molecule has 2 rings (SSSR count). The predicted molar refractivity (Wildman–Crippen MR) is 98.4 cm³/mol. The third kappa shape index (κ3) is 5.43. The molecule has 5 nitrogen and oxygen atoms in total. The van der Waals surface area contributed by atoms with Crippen LogP contribution in [0.3, 0.4) is 0 Å². The Balaban J connectivity index is 1.85. The van der Waals surface area contributed by atoms with Crippen molar-refractivity contribution in [3.63, 3.8) is 0 Å². The van der Waals surface area contributed by atoms with Gasteiger partial charge in [0.1, 0.15) is 6.04 Å². The Hall–Kier alpha value is -2.66. The monoisotopic (exact) mass is 339 g/mol. The highest BCUT2D eigenvalue weighted by Crippen LogP contribution is 2.19. The summed E-state index contributed by atoms with van der Waals surface area (Å²) >= 11 is 0. The van der Waals surface area contributed by atoms with Gasteiger partial charge in [-0.05, 0) is 18.1 Å². The van der Waals surface area contributed by atoms with Crippen LogP contribution < -0.4 is 16.4 Å². The fourth-order valence-corrected chi connectivity index (χ4v) is 2.48. The zero-order valence-electron chi connectivity index (χ0n) is 14.6. The molecule has 0 aliphatic heterocycles. The van der Waals surface area contributed by atoms with Crippen LogP contribution in [0.2, 0.25) is 0 Å². The van der Waals surface area contributed by atoms with Crippen molar-refractivity contribution in [2.75, 3.05) is 0 Å². The summed E-state index contributed by atoms with van der Waals surface area (Å²) in [5.41, 5.74) is 8.07. The first-order valence-electron chi connectivity index (χ1n) is 8.41. The number of carbonyl (C=O) groups is 2. The Morgan fingerprint density at radius 1 is 0.920 bits per heavy atom. The maximum absolute atomic E-state index is 12.4. The van der Waals surface area contributed by atoms with Gasteiger partial charge in [0.05, 0.1) is 5.92 Å². The summed E-state index contributed by atoms with van der Waals surface area (Å²) in [5.74, 6) is -0.900. The molecule has 4 N–H and O–H groups in total. The van der Waals surface area contributed by atoms with E-state index < -0.39 is 18.0 Å². The van der Waals surface area contributed by atoms with Gasteiger partial charge in [0.2, 0.25) is 11.8 Å². The summed E-state index contributed by atoms with van der Waals surface area (Å²) in [6, 6.07) is 18.1. The van der Waals surface area contributed by atoms with Crippen LogP contribution in [0.1, 0.15) is 31.0 Å². The van der Waals surface area contributed by atoms with Gasteiger partial charge in [-0.2, -0.15) is 0 Å². The zero-order chi connectivity index (χ0) is 18.2. The van der Waals surface area contributed by atoms with E-state index in [2.05, 4.69) is 10.6 Å². The molecule has 3 unspecified atom stereocenters. The minimum atomic E-state index is -0.623. The highest BCUT2D eigenvalue weighted by Gasteiger charge is 2.25. The molecule has 25 heavy (non-hydrogen) atoms. The van der Waals surface area contributed by atoms with E-state index in [-0.39, 0.29) is 11.8 Å². The minimum Gasteiger partial charge on any atom is -0.350 e. The molecule has 2 aromatic carbocycles. The summed E-state index contributed by atoms with van der Waals surface area (Å²) in [6.07, 6.45) is 0. The SMILES string of the molecule is CC(NC(=O)C(C)C(N)c1ccccc1)C(=O)NCc1ccccc1. The van der Waals surface area contributed by atoms with E-state index in [1.165, 1.54) is 0 Å². The molecule has 3 atom stereocenters. The van der Waals surface area contributed by atoms with Crippen LogP contribution in [0.4, 0.5) is 0 Å². The van der Waals surface area contributed by atoms with E-state index in [0.29, 0.717) is 6.54 Å². The van der Waals surface area contributed by atoms with E-state index in [0.717, 1.165) is 11.1 Å². The lowest BCUT2D eigenvalue weighted by Gasteiger charge is -2.22. The molecule has 5 heteroatoms. The second-order valence-corrected chi connectivity index (χ2v) is 6.16. The van der Waals surface area contributed by atoms with Crippen molar-refractivity contribution in [2.24, 2.45) is 11.7 Å². The number of hydrogen-bond acceptors (Lipinski definition) is 3. The van der Waals surface area contributed by atoms with Crippen LogP contribution in [-0.4, -0.2) is 17.9 Å². The number of benzene rings is 2. The lowest BCUT2D eigenvalue weighted by molar-refractivity contribution is -0.130. The number of hydrogen-bond donors (Lipinski definition) is 3. The Bertz CT molecular complexity index is 689. The second kappa shape index (κ2) is 8.99. The third-order valence-corrected chi connectivity index (χ3v) is 4.20. The van der Waals surface area contributed by atoms with Crippen molar-refractivity contribution >= 4 is 11.8 Å². The molecule has 0 aromatic heterocycles. The van der Waals surface area contributed by atoms with Gasteiger partial charge in [-0.15, -0.1) is 0 Å². The van der Waals surface area contributed by atoms with Gasteiger partial charge in [0.15, 0.2) is 0 Å². The molecule has 0 spiro atoms. The first kappa shape index (κ1) is 18.7. The van der Waals surface area contributed by atoms with Gasteiger partial charge in [-0.25, -0.2) is 0 Å². The smallest absolute Gasteiger partial charge is 0.242 e. The molecule has 2 aromatic rings. The summed E-state index contributed by atoms with van der Waals surface area (Å²) in [6.45, 7) is 3.86. The number of carbonyl (C=O) groups excluding carboxylic acids is 2. The van der Waals surface area contributed by atoms with Crippen LogP contribution in [0.5, 0.6) is 0 Å². The fourth-order valence-electron chi connectivity index (χ4n) is 2.48. The van der Waals surface area contributed by atoms with Gasteiger partial charge in [0, 0.05) is 12.6 Å². The molecule has 132 valence electrons. The van der Waals surface area contributed by atoms with Crippen LogP contribution in [0.15, 0.2) is 60.7 Å². The Labute approximate surface area is 148 Å². The Kier molecular flexibility index (Phi) is 6.71. The molecule has 0 fully saturated rings. The van der Waals surface area contributed by atoms with Gasteiger partial charge in [0.25, 0.3) is 0 Å². The number of amides is 2. The van der Waals surface area contributed by atoms with E-state index in [4.69, 9.17) is 5.73 Å². The van der Waals surface area contributed by atoms with Crippen LogP contribution in [0.25, 0.3) is 0 Å². The van der Waals surface area contributed by atoms with E-state index in [9.17, 15) is 9.59 Å². The number of rotatable bonds is 7. The van der Waals surface area contributed by atoms with Crippen LogP contribution >= 0.6 is 0 Å². The third-order valence-electron chi connectivity index (χ3n) is 4.20. The van der Waals surface area contributed by atoms with Crippen molar-refractivity contribution in [3.05, 3.63) is 71.8 Å². The molecule has 0 aliphatic rings. The van der Waals surface area contributed by atoms with Crippen molar-refractivity contribution in [1.82, 2.24) is 10.6 Å². The summed E-state index contributed by atoms with van der Waals surface area (Å²) in [5, 5.41) is 5.55. The maximum Gasteiger partial charge on any atom is 0.242 e. The van der Waals surface area contributed by atoms with E-state index >= 15 is 0 Å². The molecule has 0 saturated heterocycles. The maximum atomic E-state index is 12.4. The van der Waals surface area contributed by atoms with Gasteiger partial charge in [-0.1, -0.05) is 67.6 Å². The highest BCUT2D eigenvalue weighted by molar-refractivity contribution is 5.88. The number of nitrogens with two attached hydrogens (primary N) is 1. The van der Waals surface area contributed by atoms with Crippen molar-refractivity contribution in [2.45, 2.75) is 32.5 Å². The molecule has 0 heterocycles. The van der Waals surface area contributed by atoms with Crippen molar-refractivity contribution in [1.29, 1.82) is 0 Å². The molecule has 0 aliphatic carbocycles. The van der Waals surface area contributed by atoms with Crippen molar-refractivity contribution in [3.8, 4) is 0 Å². The van der Waals surface area contributed by atoms with Gasteiger partial charge >= 0.3 is 0 Å². The lowest BCUT2D eigenvalue weighted by atomic mass is 9.94. The summed E-state index contributed by atoms with van der Waals surface area (Å²) in [4.78, 5) is 24.5. The quantitative estimate of drug-likeness (QED) is 0.722. The van der Waals surface area contributed by atoms with Crippen LogP contribution in [-0.2, 0) is 16.1 Å². The molecule has 0 radical (unpaired) electrons. The summed E-state index contributed by atoms with van der Waals surface area (Å²) < 4.78 is 0. The van der Waals surface area contributed by atoms with Crippen LogP contribution in [0, 0.1) is 5.92 Å². The first-order chi connectivity index (χ1) is 12.0. The minimum absolute atomic E-state index is 0.224. The number of nitrogens with one attached hydrogen (secondary N) is 2. The average molecular weight is 339 g/mol. The van der Waals surface area contributed by atoms with E-state index in [1.54, 1.807) is 13.8 Å². The van der Waals surface area contributed by atoms with E-state index in [1.807, 2.05) is 60.7 Å². The topological polar surface area (TPSA) is 84.2 Å². The second-order valence-electron chi connectivity index (χ2n) is 6.16. The summed E-state index contributed by atoms with van der Waals surface area (Å²) in [7, 11) is 0. The predicted octanol–water partition coefficient (Wildman–Crippen LogP) is 2.14. The Morgan fingerprint density at radius 3 is 2.08 bits per heavy atom. The fraction of sp³-hybridized carbons (Fsp3) is 0.300. The normalized spacial score (nSPS) is 14.2. The zero-order valence-corrected chi connectivity index (χ0v) is 14.6. The van der Waals surface area contributed by atoms with Crippen molar-refractivity contribution < 1.29 is 9.59 Å². The average Bonchev–Trinajstić information content (AvgIpc) is 2.66. The highest BCUT2D eigenvalue weighted by atomic mass is 16.2. The molecular formula is C20H25N3O2. The first-order valence-corrected chi connectivity index (χ1v) is 8.41. The van der Waals surface area contributed by atoms with Gasteiger partial charge < -0.3 is 16.4 Å². The lowest BCUT2D eigenvalue weighted by Crippen LogP contribution is -2.47. The largest absolute Gasteiger partial charge is 0.350 e. The Morgan fingerprint density at radius 2 is 1.48 bits per heavy atom. The molecule has 0 bridgehead atoms.